The minimum absolute atomic E-state index is 0.568. The van der Waals surface area contributed by atoms with E-state index in [2.05, 4.69) is 37.1 Å². The standard InChI is InChI=1S/C17H16N6/c1-22-12-15(10-19-22)20-17-18-9-14-7-8-23(16(14)21-17)11-13-5-3-2-4-6-13/h2-10,12H,11H2,1H3,(H,18,20,21). The third-order valence-electron chi connectivity index (χ3n) is 3.66. The quantitative estimate of drug-likeness (QED) is 0.629. The van der Waals surface area contributed by atoms with Crippen molar-refractivity contribution < 1.29 is 0 Å². The maximum Gasteiger partial charge on any atom is 0.229 e. The maximum atomic E-state index is 4.64. The summed E-state index contributed by atoms with van der Waals surface area (Å²) in [6.07, 6.45) is 7.51. The summed E-state index contributed by atoms with van der Waals surface area (Å²) in [7, 11) is 1.88. The van der Waals surface area contributed by atoms with Crippen LogP contribution in [-0.4, -0.2) is 24.3 Å². The van der Waals surface area contributed by atoms with Crippen molar-refractivity contribution in [3.63, 3.8) is 0 Å². The molecule has 1 aromatic carbocycles. The lowest BCUT2D eigenvalue weighted by Gasteiger charge is -2.06. The number of nitrogens with one attached hydrogen (secondary N) is 1. The summed E-state index contributed by atoms with van der Waals surface area (Å²) in [5, 5.41) is 8.34. The summed E-state index contributed by atoms with van der Waals surface area (Å²) >= 11 is 0. The molecule has 0 aliphatic heterocycles. The molecule has 0 fully saturated rings. The van der Waals surface area contributed by atoms with E-state index in [4.69, 9.17) is 0 Å². The molecule has 3 heterocycles. The summed E-state index contributed by atoms with van der Waals surface area (Å²) in [5.74, 6) is 0.568. The SMILES string of the molecule is Cn1cc(Nc2ncc3ccn(Cc4ccccc4)c3n2)cn1. The van der Waals surface area contributed by atoms with E-state index in [-0.39, 0.29) is 0 Å². The molecule has 0 saturated heterocycles. The zero-order chi connectivity index (χ0) is 15.6. The van der Waals surface area contributed by atoms with E-state index in [0.29, 0.717) is 5.95 Å². The van der Waals surface area contributed by atoms with E-state index < -0.39 is 0 Å². The smallest absolute Gasteiger partial charge is 0.229 e. The summed E-state index contributed by atoms with van der Waals surface area (Å²) in [4.78, 5) is 9.00. The first-order valence-electron chi connectivity index (χ1n) is 7.39. The molecule has 0 bridgehead atoms. The number of anilines is 2. The van der Waals surface area contributed by atoms with Crippen molar-refractivity contribution in [1.82, 2.24) is 24.3 Å². The average Bonchev–Trinajstić information content (AvgIpc) is 3.15. The maximum absolute atomic E-state index is 4.64. The highest BCUT2D eigenvalue weighted by molar-refractivity contribution is 5.76. The van der Waals surface area contributed by atoms with Crippen LogP contribution in [0, 0.1) is 0 Å². The van der Waals surface area contributed by atoms with E-state index in [0.717, 1.165) is 23.3 Å². The van der Waals surface area contributed by atoms with Crippen LogP contribution in [0.1, 0.15) is 5.56 Å². The van der Waals surface area contributed by atoms with Crippen LogP contribution >= 0.6 is 0 Å². The third-order valence-corrected chi connectivity index (χ3v) is 3.66. The van der Waals surface area contributed by atoms with Gasteiger partial charge in [0.15, 0.2) is 0 Å². The molecule has 0 unspecified atom stereocenters. The van der Waals surface area contributed by atoms with Gasteiger partial charge in [-0.15, -0.1) is 0 Å². The van der Waals surface area contributed by atoms with Crippen molar-refractivity contribution in [2.24, 2.45) is 7.05 Å². The highest BCUT2D eigenvalue weighted by Crippen LogP contribution is 2.18. The predicted octanol–water partition coefficient (Wildman–Crippen LogP) is 2.96. The number of aryl methyl sites for hydroxylation is 1. The Bertz CT molecular complexity index is 938. The van der Waals surface area contributed by atoms with E-state index in [1.807, 2.05) is 49.9 Å². The fourth-order valence-corrected chi connectivity index (χ4v) is 2.55. The average molecular weight is 304 g/mol. The van der Waals surface area contributed by atoms with Crippen LogP contribution < -0.4 is 5.32 Å². The second-order valence-electron chi connectivity index (χ2n) is 5.43. The Hall–Kier alpha value is -3.15. The Morgan fingerprint density at radius 3 is 2.74 bits per heavy atom. The van der Waals surface area contributed by atoms with Crippen LogP contribution in [0.3, 0.4) is 0 Å². The first kappa shape index (κ1) is 13.5. The summed E-state index contributed by atoms with van der Waals surface area (Å²) < 4.78 is 3.86. The number of nitrogens with zero attached hydrogens (tertiary/aromatic N) is 5. The monoisotopic (exact) mass is 304 g/mol. The molecule has 114 valence electrons. The second kappa shape index (κ2) is 5.57. The highest BCUT2D eigenvalue weighted by Gasteiger charge is 2.07. The van der Waals surface area contributed by atoms with Gasteiger partial charge in [-0.1, -0.05) is 30.3 Å². The molecule has 0 spiro atoms. The number of benzene rings is 1. The number of rotatable bonds is 4. The topological polar surface area (TPSA) is 60.6 Å². The van der Waals surface area contributed by atoms with Crippen LogP contribution in [0.25, 0.3) is 11.0 Å². The molecule has 4 aromatic rings. The van der Waals surface area contributed by atoms with Crippen molar-refractivity contribution >= 4 is 22.7 Å². The Morgan fingerprint density at radius 2 is 1.96 bits per heavy atom. The molecule has 0 saturated carbocycles. The zero-order valence-corrected chi connectivity index (χ0v) is 12.7. The van der Waals surface area contributed by atoms with E-state index >= 15 is 0 Å². The third kappa shape index (κ3) is 2.78. The minimum Gasteiger partial charge on any atom is -0.328 e. The largest absolute Gasteiger partial charge is 0.328 e. The molecule has 0 aliphatic carbocycles. The number of aromatic nitrogens is 5. The predicted molar refractivity (Wildman–Crippen MR) is 89.6 cm³/mol. The van der Waals surface area contributed by atoms with Crippen LogP contribution in [0.2, 0.25) is 0 Å². The van der Waals surface area contributed by atoms with Gasteiger partial charge in [-0.05, 0) is 11.6 Å². The van der Waals surface area contributed by atoms with Crippen LogP contribution in [0.5, 0.6) is 0 Å². The van der Waals surface area contributed by atoms with Crippen LogP contribution in [0.15, 0.2) is 61.2 Å². The molecule has 6 nitrogen and oxygen atoms in total. The van der Waals surface area contributed by atoms with Gasteiger partial charge < -0.3 is 9.88 Å². The van der Waals surface area contributed by atoms with Crippen LogP contribution in [0.4, 0.5) is 11.6 Å². The van der Waals surface area contributed by atoms with Gasteiger partial charge in [-0.2, -0.15) is 10.1 Å². The van der Waals surface area contributed by atoms with Crippen molar-refractivity contribution in [1.29, 1.82) is 0 Å². The van der Waals surface area contributed by atoms with Gasteiger partial charge in [0.1, 0.15) is 5.65 Å². The van der Waals surface area contributed by atoms with Gasteiger partial charge in [0.25, 0.3) is 0 Å². The highest BCUT2D eigenvalue weighted by atomic mass is 15.3. The molecule has 0 amide bonds. The minimum atomic E-state index is 0.568. The molecular weight excluding hydrogens is 288 g/mol. The summed E-state index contributed by atoms with van der Waals surface area (Å²) in [5.41, 5.74) is 3.02. The van der Waals surface area contributed by atoms with Gasteiger partial charge in [-0.25, -0.2) is 4.98 Å². The van der Waals surface area contributed by atoms with E-state index in [9.17, 15) is 0 Å². The first-order valence-corrected chi connectivity index (χ1v) is 7.39. The van der Waals surface area contributed by atoms with Gasteiger partial charge in [0, 0.05) is 37.6 Å². The van der Waals surface area contributed by atoms with E-state index in [1.54, 1.807) is 10.9 Å². The summed E-state index contributed by atoms with van der Waals surface area (Å²) in [6, 6.07) is 12.4. The molecule has 1 N–H and O–H groups in total. The fraction of sp³-hybridized carbons (Fsp3) is 0.118. The summed E-state index contributed by atoms with van der Waals surface area (Å²) in [6.45, 7) is 0.785. The lowest BCUT2D eigenvalue weighted by atomic mass is 10.2. The van der Waals surface area contributed by atoms with Gasteiger partial charge in [0.05, 0.1) is 11.9 Å². The first-order chi connectivity index (χ1) is 11.3. The molecule has 0 radical (unpaired) electrons. The van der Waals surface area contributed by atoms with Gasteiger partial charge in [0.2, 0.25) is 5.95 Å². The number of hydrogen-bond acceptors (Lipinski definition) is 4. The lowest BCUT2D eigenvalue weighted by molar-refractivity contribution is 0.768. The van der Waals surface area contributed by atoms with Gasteiger partial charge >= 0.3 is 0 Å². The Labute approximate surface area is 133 Å². The fourth-order valence-electron chi connectivity index (χ4n) is 2.55. The Balaban J connectivity index is 1.65. The molecule has 0 aliphatic rings. The van der Waals surface area contributed by atoms with Gasteiger partial charge in [-0.3, -0.25) is 4.68 Å². The van der Waals surface area contributed by atoms with Crippen molar-refractivity contribution in [3.05, 3.63) is 66.7 Å². The second-order valence-corrected chi connectivity index (χ2v) is 5.43. The molecule has 4 rings (SSSR count). The van der Waals surface area contributed by atoms with Crippen molar-refractivity contribution in [2.75, 3.05) is 5.32 Å². The molecule has 23 heavy (non-hydrogen) atoms. The zero-order valence-electron chi connectivity index (χ0n) is 12.7. The normalized spacial score (nSPS) is 11.0. The Kier molecular flexibility index (Phi) is 3.27. The lowest BCUT2D eigenvalue weighted by Crippen LogP contribution is -2.02. The van der Waals surface area contributed by atoms with E-state index in [1.165, 1.54) is 5.56 Å². The Morgan fingerprint density at radius 1 is 1.09 bits per heavy atom. The van der Waals surface area contributed by atoms with Crippen molar-refractivity contribution in [2.45, 2.75) is 6.54 Å². The van der Waals surface area contributed by atoms with Crippen LogP contribution in [-0.2, 0) is 13.6 Å². The molecule has 0 atom stereocenters. The molecule has 3 aromatic heterocycles. The van der Waals surface area contributed by atoms with Crippen molar-refractivity contribution in [3.8, 4) is 0 Å². The number of hydrogen-bond donors (Lipinski definition) is 1. The number of fused-ring (bicyclic) bond motifs is 1. The molecular formula is C17H16N6. The molecule has 6 heteroatoms.